The Balaban J connectivity index is 0.00000208. The topological polar surface area (TPSA) is 32.3 Å². The van der Waals surface area contributed by atoms with Gasteiger partial charge in [-0.3, -0.25) is 4.79 Å². The molecule has 1 amide bonds. The SMILES string of the molecule is CCc1ccc(C(=O)N2CCNCC2c2cccc(F)c2)cc1.Cl. The van der Waals surface area contributed by atoms with E-state index in [4.69, 9.17) is 0 Å². The zero-order valence-electron chi connectivity index (χ0n) is 13.7. The first kappa shape index (κ1) is 18.4. The molecule has 0 aliphatic carbocycles. The van der Waals surface area contributed by atoms with E-state index in [-0.39, 0.29) is 30.2 Å². The summed E-state index contributed by atoms with van der Waals surface area (Å²) in [6.07, 6.45) is 0.952. The Morgan fingerprint density at radius 2 is 2.00 bits per heavy atom. The predicted octanol–water partition coefficient (Wildman–Crippen LogP) is 3.60. The van der Waals surface area contributed by atoms with Crippen LogP contribution in [-0.4, -0.2) is 30.4 Å². The van der Waals surface area contributed by atoms with Gasteiger partial charge in [0, 0.05) is 25.2 Å². The van der Waals surface area contributed by atoms with Gasteiger partial charge in [0.1, 0.15) is 5.82 Å². The van der Waals surface area contributed by atoms with Gasteiger partial charge in [-0.25, -0.2) is 4.39 Å². The van der Waals surface area contributed by atoms with Crippen molar-refractivity contribution in [3.8, 4) is 0 Å². The van der Waals surface area contributed by atoms with Crippen molar-refractivity contribution in [1.82, 2.24) is 10.2 Å². The highest BCUT2D eigenvalue weighted by atomic mass is 35.5. The van der Waals surface area contributed by atoms with Crippen molar-refractivity contribution in [2.24, 2.45) is 0 Å². The minimum Gasteiger partial charge on any atom is -0.329 e. The number of carbonyl (C=O) groups is 1. The summed E-state index contributed by atoms with van der Waals surface area (Å²) in [7, 11) is 0. The van der Waals surface area contributed by atoms with Crippen molar-refractivity contribution >= 4 is 18.3 Å². The number of nitrogens with zero attached hydrogens (tertiary/aromatic N) is 1. The van der Waals surface area contributed by atoms with E-state index in [0.29, 0.717) is 18.7 Å². The van der Waals surface area contributed by atoms with Crippen molar-refractivity contribution in [2.45, 2.75) is 19.4 Å². The molecule has 0 aromatic heterocycles. The molecule has 0 saturated carbocycles. The maximum absolute atomic E-state index is 13.5. The Hall–Kier alpha value is -1.91. The van der Waals surface area contributed by atoms with Crippen LogP contribution in [0.1, 0.15) is 34.5 Å². The molecule has 3 rings (SSSR count). The van der Waals surface area contributed by atoms with Crippen molar-refractivity contribution in [2.75, 3.05) is 19.6 Å². The molecule has 1 aliphatic heterocycles. The second-order valence-electron chi connectivity index (χ2n) is 5.82. The van der Waals surface area contributed by atoms with Gasteiger partial charge in [0.05, 0.1) is 6.04 Å². The Morgan fingerprint density at radius 1 is 1.25 bits per heavy atom. The molecule has 5 heteroatoms. The summed E-state index contributed by atoms with van der Waals surface area (Å²) < 4.78 is 13.5. The summed E-state index contributed by atoms with van der Waals surface area (Å²) in [5.74, 6) is -0.267. The molecule has 128 valence electrons. The molecule has 0 bridgehead atoms. The minimum atomic E-state index is -0.271. The molecule has 1 unspecified atom stereocenters. The second kappa shape index (κ2) is 8.27. The van der Waals surface area contributed by atoms with Crippen LogP contribution in [0.2, 0.25) is 0 Å². The Labute approximate surface area is 148 Å². The average Bonchev–Trinajstić information content (AvgIpc) is 2.61. The van der Waals surface area contributed by atoms with Crippen molar-refractivity contribution in [3.63, 3.8) is 0 Å². The van der Waals surface area contributed by atoms with Gasteiger partial charge in [0.2, 0.25) is 0 Å². The first-order valence-corrected chi connectivity index (χ1v) is 8.05. The molecule has 0 radical (unpaired) electrons. The Morgan fingerprint density at radius 3 is 2.67 bits per heavy atom. The highest BCUT2D eigenvalue weighted by Crippen LogP contribution is 2.25. The van der Waals surface area contributed by atoms with Crippen LogP contribution in [0, 0.1) is 5.82 Å². The molecule has 1 heterocycles. The molecule has 1 N–H and O–H groups in total. The molecular weight excluding hydrogens is 327 g/mol. The fourth-order valence-electron chi connectivity index (χ4n) is 3.01. The van der Waals surface area contributed by atoms with Crippen LogP contribution in [0.5, 0.6) is 0 Å². The molecule has 24 heavy (non-hydrogen) atoms. The van der Waals surface area contributed by atoms with Gasteiger partial charge in [-0.05, 0) is 41.8 Å². The lowest BCUT2D eigenvalue weighted by atomic mass is 10.0. The van der Waals surface area contributed by atoms with Crippen LogP contribution in [0.15, 0.2) is 48.5 Å². The molecular formula is C19H22ClFN2O. The highest BCUT2D eigenvalue weighted by molar-refractivity contribution is 5.94. The van der Waals surface area contributed by atoms with Gasteiger partial charge in [-0.15, -0.1) is 12.4 Å². The predicted molar refractivity (Wildman–Crippen MR) is 96.1 cm³/mol. The lowest BCUT2D eigenvalue weighted by molar-refractivity contribution is 0.0634. The van der Waals surface area contributed by atoms with E-state index in [1.807, 2.05) is 35.2 Å². The number of hydrogen-bond acceptors (Lipinski definition) is 2. The number of piperazine rings is 1. The molecule has 2 aromatic rings. The number of amides is 1. The van der Waals surface area contributed by atoms with Crippen LogP contribution >= 0.6 is 12.4 Å². The number of carbonyl (C=O) groups excluding carboxylic acids is 1. The smallest absolute Gasteiger partial charge is 0.254 e. The van der Waals surface area contributed by atoms with Crippen LogP contribution in [0.3, 0.4) is 0 Å². The first-order chi connectivity index (χ1) is 11.2. The summed E-state index contributed by atoms with van der Waals surface area (Å²) in [4.78, 5) is 14.7. The van der Waals surface area contributed by atoms with Crippen LogP contribution < -0.4 is 5.32 Å². The molecule has 1 atom stereocenters. The fraction of sp³-hybridized carbons (Fsp3) is 0.316. The molecule has 0 spiro atoms. The zero-order valence-corrected chi connectivity index (χ0v) is 14.5. The molecule has 1 aliphatic rings. The Kier molecular flexibility index (Phi) is 6.35. The van der Waals surface area contributed by atoms with Gasteiger partial charge in [-0.2, -0.15) is 0 Å². The van der Waals surface area contributed by atoms with Crippen LogP contribution in [0.4, 0.5) is 4.39 Å². The summed E-state index contributed by atoms with van der Waals surface area (Å²) in [5.41, 5.74) is 2.73. The van der Waals surface area contributed by atoms with Gasteiger partial charge in [-0.1, -0.05) is 31.2 Å². The number of nitrogens with one attached hydrogen (secondary N) is 1. The van der Waals surface area contributed by atoms with E-state index in [1.54, 1.807) is 6.07 Å². The number of benzene rings is 2. The van der Waals surface area contributed by atoms with E-state index in [0.717, 1.165) is 18.5 Å². The average molecular weight is 349 g/mol. The highest BCUT2D eigenvalue weighted by Gasteiger charge is 2.28. The number of aryl methyl sites for hydroxylation is 1. The van der Waals surface area contributed by atoms with Crippen LogP contribution in [0.25, 0.3) is 0 Å². The largest absolute Gasteiger partial charge is 0.329 e. The number of halogens is 2. The molecule has 2 aromatic carbocycles. The van der Waals surface area contributed by atoms with Gasteiger partial charge in [0.15, 0.2) is 0 Å². The van der Waals surface area contributed by atoms with E-state index in [9.17, 15) is 9.18 Å². The number of rotatable bonds is 3. The monoisotopic (exact) mass is 348 g/mol. The Bertz CT molecular complexity index is 690. The zero-order chi connectivity index (χ0) is 16.2. The summed E-state index contributed by atoms with van der Waals surface area (Å²) in [6.45, 7) is 4.11. The maximum Gasteiger partial charge on any atom is 0.254 e. The second-order valence-corrected chi connectivity index (χ2v) is 5.82. The third-order valence-corrected chi connectivity index (χ3v) is 4.35. The summed E-state index contributed by atoms with van der Waals surface area (Å²) in [5, 5.41) is 3.29. The quantitative estimate of drug-likeness (QED) is 0.919. The minimum absolute atomic E-state index is 0. The summed E-state index contributed by atoms with van der Waals surface area (Å²) in [6, 6.07) is 14.1. The molecule has 3 nitrogen and oxygen atoms in total. The van der Waals surface area contributed by atoms with Crippen molar-refractivity contribution < 1.29 is 9.18 Å². The third-order valence-electron chi connectivity index (χ3n) is 4.35. The number of hydrogen-bond donors (Lipinski definition) is 1. The van der Waals surface area contributed by atoms with Crippen molar-refractivity contribution in [1.29, 1.82) is 0 Å². The maximum atomic E-state index is 13.5. The third kappa shape index (κ3) is 3.94. The van der Waals surface area contributed by atoms with Gasteiger partial charge >= 0.3 is 0 Å². The van der Waals surface area contributed by atoms with Crippen LogP contribution in [-0.2, 0) is 6.42 Å². The van der Waals surface area contributed by atoms with E-state index < -0.39 is 0 Å². The lowest BCUT2D eigenvalue weighted by Crippen LogP contribution is -2.48. The van der Waals surface area contributed by atoms with Gasteiger partial charge < -0.3 is 10.2 Å². The van der Waals surface area contributed by atoms with E-state index in [1.165, 1.54) is 17.7 Å². The van der Waals surface area contributed by atoms with E-state index >= 15 is 0 Å². The molecule has 1 fully saturated rings. The standard InChI is InChI=1S/C19H21FN2O.ClH/c1-2-14-6-8-15(9-7-14)19(23)22-11-10-21-13-18(22)16-4-3-5-17(20)12-16;/h3-9,12,18,21H,2,10-11,13H2,1H3;1H. The summed E-state index contributed by atoms with van der Waals surface area (Å²) >= 11 is 0. The van der Waals surface area contributed by atoms with Crippen molar-refractivity contribution in [3.05, 3.63) is 71.0 Å². The fourth-order valence-corrected chi connectivity index (χ4v) is 3.01. The van der Waals surface area contributed by atoms with Gasteiger partial charge in [0.25, 0.3) is 5.91 Å². The normalized spacial score (nSPS) is 17.2. The molecule has 1 saturated heterocycles. The first-order valence-electron chi connectivity index (χ1n) is 8.05. The lowest BCUT2D eigenvalue weighted by Gasteiger charge is -2.36. The van der Waals surface area contributed by atoms with E-state index in [2.05, 4.69) is 12.2 Å².